The Labute approximate surface area is 117 Å². The zero-order valence-corrected chi connectivity index (χ0v) is 12.1. The van der Waals surface area contributed by atoms with E-state index in [1.54, 1.807) is 13.8 Å². The van der Waals surface area contributed by atoms with Crippen LogP contribution in [0.3, 0.4) is 0 Å². The molecule has 0 aliphatic rings. The number of hydrogen-bond acceptors (Lipinski definition) is 5. The first-order valence-corrected chi connectivity index (χ1v) is 6.57. The molecule has 0 bridgehead atoms. The summed E-state index contributed by atoms with van der Waals surface area (Å²) in [6.45, 7) is 7.21. The van der Waals surface area contributed by atoms with Crippen molar-refractivity contribution in [3.63, 3.8) is 0 Å². The SMILES string of the molecule is CCc1cc([N+](=O)[O-])c(NC(C)C)c([N+](=O)[O-])c1CC. The van der Waals surface area contributed by atoms with Crippen LogP contribution >= 0.6 is 0 Å². The van der Waals surface area contributed by atoms with Gasteiger partial charge in [-0.3, -0.25) is 20.2 Å². The molecule has 7 heteroatoms. The zero-order valence-electron chi connectivity index (χ0n) is 12.1. The van der Waals surface area contributed by atoms with Gasteiger partial charge in [-0.2, -0.15) is 0 Å². The van der Waals surface area contributed by atoms with Gasteiger partial charge in [0.25, 0.3) is 5.69 Å². The second-order valence-electron chi connectivity index (χ2n) is 4.78. The van der Waals surface area contributed by atoms with E-state index in [2.05, 4.69) is 5.32 Å². The van der Waals surface area contributed by atoms with Crippen LogP contribution in [0.5, 0.6) is 0 Å². The van der Waals surface area contributed by atoms with Gasteiger partial charge in [0.1, 0.15) is 0 Å². The third-order valence-corrected chi connectivity index (χ3v) is 3.02. The third-order valence-electron chi connectivity index (χ3n) is 3.02. The average molecular weight is 281 g/mol. The second kappa shape index (κ2) is 6.31. The van der Waals surface area contributed by atoms with Crippen molar-refractivity contribution in [2.45, 2.75) is 46.6 Å². The van der Waals surface area contributed by atoms with E-state index in [9.17, 15) is 20.2 Å². The molecule has 1 aromatic rings. The molecule has 0 aliphatic heterocycles. The lowest BCUT2D eigenvalue weighted by Crippen LogP contribution is -2.15. The monoisotopic (exact) mass is 281 g/mol. The summed E-state index contributed by atoms with van der Waals surface area (Å²) in [4.78, 5) is 21.5. The fraction of sp³-hybridized carbons (Fsp3) is 0.538. The summed E-state index contributed by atoms with van der Waals surface area (Å²) in [5.41, 5.74) is 0.808. The predicted octanol–water partition coefficient (Wildman–Crippen LogP) is 3.45. The van der Waals surface area contributed by atoms with E-state index >= 15 is 0 Å². The Balaban J connectivity index is 3.73. The lowest BCUT2D eigenvalue weighted by atomic mass is 9.98. The summed E-state index contributed by atoms with van der Waals surface area (Å²) in [6.07, 6.45) is 0.983. The molecule has 0 radical (unpaired) electrons. The second-order valence-corrected chi connectivity index (χ2v) is 4.78. The highest BCUT2D eigenvalue weighted by molar-refractivity contribution is 5.78. The van der Waals surface area contributed by atoms with Crippen LogP contribution in [0.25, 0.3) is 0 Å². The van der Waals surface area contributed by atoms with Crippen LogP contribution in [0.1, 0.15) is 38.8 Å². The maximum absolute atomic E-state index is 11.4. The van der Waals surface area contributed by atoms with Gasteiger partial charge in [0.05, 0.1) is 9.85 Å². The highest BCUT2D eigenvalue weighted by atomic mass is 16.6. The minimum Gasteiger partial charge on any atom is -0.372 e. The molecule has 0 heterocycles. The number of nitro groups is 2. The van der Waals surface area contributed by atoms with Gasteiger partial charge in [0.15, 0.2) is 5.69 Å². The summed E-state index contributed by atoms with van der Waals surface area (Å²) in [7, 11) is 0. The van der Waals surface area contributed by atoms with Crippen molar-refractivity contribution >= 4 is 17.1 Å². The molecule has 0 atom stereocenters. The molecule has 1 rings (SSSR count). The van der Waals surface area contributed by atoms with Crippen LogP contribution in [-0.4, -0.2) is 15.9 Å². The fourth-order valence-corrected chi connectivity index (χ4v) is 2.24. The molecule has 0 amide bonds. The Morgan fingerprint density at radius 3 is 2.10 bits per heavy atom. The molecule has 1 aromatic carbocycles. The fourth-order valence-electron chi connectivity index (χ4n) is 2.24. The Bertz CT molecular complexity index is 541. The van der Waals surface area contributed by atoms with E-state index < -0.39 is 9.85 Å². The van der Waals surface area contributed by atoms with E-state index in [-0.39, 0.29) is 23.1 Å². The van der Waals surface area contributed by atoms with Crippen LogP contribution in [0, 0.1) is 20.2 Å². The number of anilines is 1. The molecule has 0 saturated carbocycles. The highest BCUT2D eigenvalue weighted by Gasteiger charge is 2.31. The van der Waals surface area contributed by atoms with Crippen molar-refractivity contribution in [2.24, 2.45) is 0 Å². The van der Waals surface area contributed by atoms with Gasteiger partial charge in [-0.25, -0.2) is 0 Å². The molecule has 0 saturated heterocycles. The normalized spacial score (nSPS) is 10.7. The minimum absolute atomic E-state index is 0.00375. The molecule has 0 aliphatic carbocycles. The number of nitrogens with zero attached hydrogens (tertiary/aromatic N) is 2. The van der Waals surface area contributed by atoms with Crippen LogP contribution in [0.15, 0.2) is 6.07 Å². The van der Waals surface area contributed by atoms with Gasteiger partial charge in [0, 0.05) is 17.7 Å². The first kappa shape index (κ1) is 15.9. The van der Waals surface area contributed by atoms with Crippen molar-refractivity contribution in [1.29, 1.82) is 0 Å². The quantitative estimate of drug-likeness (QED) is 0.636. The third kappa shape index (κ3) is 3.04. The van der Waals surface area contributed by atoms with Gasteiger partial charge in [-0.05, 0) is 32.3 Å². The van der Waals surface area contributed by atoms with E-state index in [1.807, 2.05) is 13.8 Å². The average Bonchev–Trinajstić information content (AvgIpc) is 2.36. The van der Waals surface area contributed by atoms with Gasteiger partial charge in [-0.15, -0.1) is 0 Å². The first-order valence-electron chi connectivity index (χ1n) is 6.57. The predicted molar refractivity (Wildman–Crippen MR) is 77.3 cm³/mol. The molecule has 0 unspecified atom stereocenters. The van der Waals surface area contributed by atoms with Crippen molar-refractivity contribution in [1.82, 2.24) is 0 Å². The van der Waals surface area contributed by atoms with E-state index in [4.69, 9.17) is 0 Å². The van der Waals surface area contributed by atoms with Crippen molar-refractivity contribution in [3.8, 4) is 0 Å². The molecular weight excluding hydrogens is 262 g/mol. The van der Waals surface area contributed by atoms with Gasteiger partial charge >= 0.3 is 5.69 Å². The summed E-state index contributed by atoms with van der Waals surface area (Å²) in [5, 5.41) is 25.4. The largest absolute Gasteiger partial charge is 0.372 e. The number of nitrogens with one attached hydrogen (secondary N) is 1. The van der Waals surface area contributed by atoms with Gasteiger partial charge in [0.2, 0.25) is 0 Å². The Kier molecular flexibility index (Phi) is 5.01. The smallest absolute Gasteiger partial charge is 0.302 e. The van der Waals surface area contributed by atoms with Gasteiger partial charge in [-0.1, -0.05) is 13.8 Å². The molecule has 110 valence electrons. The Hall–Kier alpha value is -2.18. The lowest BCUT2D eigenvalue weighted by Gasteiger charge is -2.15. The number of rotatable bonds is 6. The Morgan fingerprint density at radius 1 is 1.15 bits per heavy atom. The van der Waals surface area contributed by atoms with Crippen molar-refractivity contribution in [3.05, 3.63) is 37.4 Å². The zero-order chi connectivity index (χ0) is 15.4. The maximum atomic E-state index is 11.4. The van der Waals surface area contributed by atoms with Gasteiger partial charge < -0.3 is 5.32 Å². The van der Waals surface area contributed by atoms with Crippen LogP contribution in [0.4, 0.5) is 17.1 Å². The first-order chi connectivity index (χ1) is 9.33. The number of nitro benzene ring substituents is 2. The molecule has 0 fully saturated rings. The summed E-state index contributed by atoms with van der Waals surface area (Å²) in [5.74, 6) is 0. The summed E-state index contributed by atoms with van der Waals surface area (Å²) in [6, 6.07) is 1.31. The molecule has 0 aromatic heterocycles. The van der Waals surface area contributed by atoms with Crippen LogP contribution < -0.4 is 5.32 Å². The van der Waals surface area contributed by atoms with E-state index in [0.29, 0.717) is 24.0 Å². The van der Waals surface area contributed by atoms with Crippen LogP contribution in [-0.2, 0) is 12.8 Å². The van der Waals surface area contributed by atoms with E-state index in [0.717, 1.165) is 0 Å². The van der Waals surface area contributed by atoms with E-state index in [1.165, 1.54) is 6.07 Å². The van der Waals surface area contributed by atoms with Crippen molar-refractivity contribution < 1.29 is 9.85 Å². The number of benzene rings is 1. The Morgan fingerprint density at radius 2 is 1.75 bits per heavy atom. The molecule has 7 nitrogen and oxygen atoms in total. The number of aryl methyl sites for hydroxylation is 1. The summed E-state index contributed by atoms with van der Waals surface area (Å²) >= 11 is 0. The lowest BCUT2D eigenvalue weighted by molar-refractivity contribution is -0.392. The minimum atomic E-state index is -0.573. The summed E-state index contributed by atoms with van der Waals surface area (Å²) < 4.78 is 0. The van der Waals surface area contributed by atoms with Crippen LogP contribution in [0.2, 0.25) is 0 Å². The highest BCUT2D eigenvalue weighted by Crippen LogP contribution is 2.40. The molecular formula is C13H19N3O4. The number of hydrogen-bond donors (Lipinski definition) is 1. The molecule has 1 N–H and O–H groups in total. The topological polar surface area (TPSA) is 98.3 Å². The van der Waals surface area contributed by atoms with Crippen molar-refractivity contribution in [2.75, 3.05) is 5.32 Å². The maximum Gasteiger partial charge on any atom is 0.302 e. The molecule has 0 spiro atoms. The standard InChI is InChI=1S/C13H19N3O4/c1-5-9-7-11(15(17)18)12(14-8(3)4)13(16(19)20)10(9)6-2/h7-8,14H,5-6H2,1-4H3. The molecule has 20 heavy (non-hydrogen) atoms.